The first-order valence-electron chi connectivity index (χ1n) is 14.5. The second-order valence-corrected chi connectivity index (χ2v) is 11.4. The van der Waals surface area contributed by atoms with E-state index in [4.69, 9.17) is 10.00 Å². The molecule has 0 aliphatic carbocycles. The number of hydrogen-bond donors (Lipinski definition) is 2. The normalized spacial score (nSPS) is 19.4. The number of ether oxygens (including phenoxy) is 1. The van der Waals surface area contributed by atoms with Crippen LogP contribution in [0.2, 0.25) is 0 Å². The fourth-order valence-corrected chi connectivity index (χ4v) is 6.27. The number of anilines is 1. The average molecular weight is 601 g/mol. The number of imide groups is 1. The summed E-state index contributed by atoms with van der Waals surface area (Å²) in [4.78, 5) is 40.3. The number of rotatable bonds is 7. The summed E-state index contributed by atoms with van der Waals surface area (Å²) < 4.78 is 35.6. The number of aliphatic hydroxyl groups excluding tert-OH is 1. The average Bonchev–Trinajstić information content (AvgIpc) is 3.36. The zero-order valence-corrected chi connectivity index (χ0v) is 23.8. The first kappa shape index (κ1) is 29.3. The van der Waals surface area contributed by atoms with Crippen molar-refractivity contribution in [3.8, 4) is 11.8 Å². The Kier molecular flexibility index (Phi) is 8.01. The van der Waals surface area contributed by atoms with Crippen LogP contribution in [0.3, 0.4) is 0 Å². The van der Waals surface area contributed by atoms with Crippen molar-refractivity contribution >= 4 is 23.4 Å². The second kappa shape index (κ2) is 12.1. The maximum atomic E-state index is 15.2. The molecule has 0 spiro atoms. The number of piperidine rings is 2. The van der Waals surface area contributed by atoms with Crippen LogP contribution >= 0.6 is 0 Å². The summed E-state index contributed by atoms with van der Waals surface area (Å²) in [7, 11) is 0. The van der Waals surface area contributed by atoms with Crippen molar-refractivity contribution in [1.82, 2.24) is 10.2 Å². The first-order valence-corrected chi connectivity index (χ1v) is 14.5. The summed E-state index contributed by atoms with van der Waals surface area (Å²) in [6.07, 6.45) is 0.677. The van der Waals surface area contributed by atoms with E-state index in [1.165, 1.54) is 17.0 Å². The molecule has 0 unspecified atom stereocenters. The Labute approximate surface area is 252 Å². The number of amides is 3. The monoisotopic (exact) mass is 600 g/mol. The van der Waals surface area contributed by atoms with Crippen molar-refractivity contribution in [3.05, 3.63) is 94.0 Å². The van der Waals surface area contributed by atoms with E-state index in [9.17, 15) is 23.9 Å². The number of aliphatic hydroxyl groups is 1. The van der Waals surface area contributed by atoms with Gasteiger partial charge in [0.05, 0.1) is 30.0 Å². The summed E-state index contributed by atoms with van der Waals surface area (Å²) >= 11 is 0. The minimum Gasteiger partial charge on any atom is -0.488 e. The molecule has 9 nitrogen and oxygen atoms in total. The molecule has 3 aromatic rings. The Bertz CT molecular complexity index is 1680. The highest BCUT2D eigenvalue weighted by Crippen LogP contribution is 2.36. The number of fused-ring (bicyclic) bond motifs is 1. The van der Waals surface area contributed by atoms with Crippen molar-refractivity contribution in [2.24, 2.45) is 5.92 Å². The molecule has 6 rings (SSSR count). The second-order valence-electron chi connectivity index (χ2n) is 11.4. The number of nitrogens with zero attached hydrogens (tertiary/aromatic N) is 3. The number of nitriles is 1. The molecule has 3 aromatic carbocycles. The van der Waals surface area contributed by atoms with E-state index in [1.54, 1.807) is 42.5 Å². The quantitative estimate of drug-likeness (QED) is 0.391. The summed E-state index contributed by atoms with van der Waals surface area (Å²) in [5, 5.41) is 22.3. The van der Waals surface area contributed by atoms with Crippen LogP contribution in [0.1, 0.15) is 64.4 Å². The van der Waals surface area contributed by atoms with Gasteiger partial charge in [-0.2, -0.15) is 5.26 Å². The lowest BCUT2D eigenvalue weighted by atomic mass is 9.87. The third-order valence-electron chi connectivity index (χ3n) is 8.74. The zero-order chi connectivity index (χ0) is 31.0. The van der Waals surface area contributed by atoms with Gasteiger partial charge < -0.3 is 19.6 Å². The topological polar surface area (TPSA) is 123 Å². The van der Waals surface area contributed by atoms with Crippen LogP contribution in [-0.2, 0) is 22.7 Å². The third-order valence-corrected chi connectivity index (χ3v) is 8.74. The molecule has 0 aromatic heterocycles. The van der Waals surface area contributed by atoms with Gasteiger partial charge in [-0.25, -0.2) is 8.78 Å². The predicted octanol–water partition coefficient (Wildman–Crippen LogP) is 4.13. The number of nitrogens with one attached hydrogen (secondary N) is 1. The molecule has 44 heavy (non-hydrogen) atoms. The van der Waals surface area contributed by atoms with Gasteiger partial charge in [0.25, 0.3) is 5.91 Å². The van der Waals surface area contributed by atoms with Crippen LogP contribution in [0.5, 0.6) is 5.75 Å². The van der Waals surface area contributed by atoms with Gasteiger partial charge in [-0.05, 0) is 67.1 Å². The lowest BCUT2D eigenvalue weighted by molar-refractivity contribution is -0.136. The number of benzene rings is 3. The van der Waals surface area contributed by atoms with Gasteiger partial charge in [0.15, 0.2) is 0 Å². The maximum absolute atomic E-state index is 15.2. The predicted molar refractivity (Wildman–Crippen MR) is 154 cm³/mol. The van der Waals surface area contributed by atoms with Gasteiger partial charge in [-0.1, -0.05) is 18.2 Å². The number of carbonyl (C=O) groups is 3. The summed E-state index contributed by atoms with van der Waals surface area (Å²) in [5.41, 5.74) is 2.40. The number of carbonyl (C=O) groups excluding carboxylic acids is 3. The molecular weight excluding hydrogens is 570 g/mol. The first-order chi connectivity index (χ1) is 21.2. The molecule has 2 atom stereocenters. The van der Waals surface area contributed by atoms with E-state index in [1.807, 2.05) is 11.0 Å². The Morgan fingerprint density at radius 1 is 1.02 bits per heavy atom. The Hall–Kier alpha value is -4.82. The van der Waals surface area contributed by atoms with Crippen molar-refractivity contribution in [3.63, 3.8) is 0 Å². The number of hydrogen-bond acceptors (Lipinski definition) is 7. The Morgan fingerprint density at radius 3 is 2.52 bits per heavy atom. The van der Waals surface area contributed by atoms with Crippen LogP contribution in [0.4, 0.5) is 14.5 Å². The molecule has 11 heteroatoms. The minimum absolute atomic E-state index is 0.111. The lowest BCUT2D eigenvalue weighted by Gasteiger charge is -2.36. The summed E-state index contributed by atoms with van der Waals surface area (Å²) in [5.74, 6) is -1.90. The standard InChI is InChI=1S/C33H30F2N4O5/c34-25-15-21(31(41)20-10-12-38(13-11-20)27-7-4-19(16-36)14-26(27)35)5-6-22(25)18-44-29-3-1-2-23-24(29)17-39(33(23)43)28-8-9-30(40)37-32(28)42/h1-7,14-15,20,28,31,41H,8-13,17-18H2,(H,37,40,42)/t28-,31-/m0/s1. The molecule has 3 amide bonds. The highest BCUT2D eigenvalue weighted by molar-refractivity contribution is 6.05. The number of halogens is 2. The molecule has 3 aliphatic heterocycles. The minimum atomic E-state index is -0.894. The van der Waals surface area contributed by atoms with E-state index in [0.717, 1.165) is 0 Å². The molecule has 2 saturated heterocycles. The van der Waals surface area contributed by atoms with Crippen LogP contribution in [0, 0.1) is 28.9 Å². The molecule has 3 heterocycles. The lowest BCUT2D eigenvalue weighted by Crippen LogP contribution is -2.52. The van der Waals surface area contributed by atoms with Crippen LogP contribution < -0.4 is 15.0 Å². The molecule has 3 aliphatic rings. The largest absolute Gasteiger partial charge is 0.488 e. The molecule has 2 N–H and O–H groups in total. The maximum Gasteiger partial charge on any atom is 0.255 e. The molecule has 226 valence electrons. The fraction of sp³-hybridized carbons (Fsp3) is 0.333. The van der Waals surface area contributed by atoms with Crippen LogP contribution in [0.25, 0.3) is 0 Å². The van der Waals surface area contributed by atoms with Gasteiger partial charge in [0, 0.05) is 36.2 Å². The van der Waals surface area contributed by atoms with Gasteiger partial charge in [0.1, 0.15) is 30.0 Å². The third kappa shape index (κ3) is 5.61. The highest BCUT2D eigenvalue weighted by Gasteiger charge is 2.40. The van der Waals surface area contributed by atoms with E-state index >= 15 is 4.39 Å². The summed E-state index contributed by atoms with van der Waals surface area (Å²) in [6.45, 7) is 1.06. The molecule has 2 fully saturated rings. The molecule has 0 radical (unpaired) electrons. The van der Waals surface area contributed by atoms with Gasteiger partial charge in [0.2, 0.25) is 11.8 Å². The van der Waals surface area contributed by atoms with E-state index in [2.05, 4.69) is 5.32 Å². The SMILES string of the molecule is N#Cc1ccc(N2CCC([C@H](O)c3ccc(COc4cccc5c4CN([C@H]4CCC(=O)NC4=O)C5=O)c(F)c3)CC2)c(F)c1. The Morgan fingerprint density at radius 2 is 1.82 bits per heavy atom. The van der Waals surface area contributed by atoms with E-state index < -0.39 is 29.7 Å². The summed E-state index contributed by atoms with van der Waals surface area (Å²) in [6, 6.07) is 15.1. The molecule has 0 saturated carbocycles. The fourth-order valence-electron chi connectivity index (χ4n) is 6.27. The van der Waals surface area contributed by atoms with Crippen LogP contribution in [0.15, 0.2) is 54.6 Å². The van der Waals surface area contributed by atoms with Gasteiger partial charge in [-0.15, -0.1) is 0 Å². The van der Waals surface area contributed by atoms with Crippen molar-refractivity contribution in [2.45, 2.75) is 51.0 Å². The Balaban J connectivity index is 1.08. The smallest absolute Gasteiger partial charge is 0.255 e. The van der Waals surface area contributed by atoms with Crippen molar-refractivity contribution in [2.75, 3.05) is 18.0 Å². The van der Waals surface area contributed by atoms with E-state index in [0.29, 0.717) is 54.1 Å². The molecule has 0 bridgehead atoms. The zero-order valence-electron chi connectivity index (χ0n) is 23.8. The van der Waals surface area contributed by atoms with Gasteiger partial charge in [-0.3, -0.25) is 19.7 Å². The van der Waals surface area contributed by atoms with Crippen LogP contribution in [-0.4, -0.2) is 46.9 Å². The van der Waals surface area contributed by atoms with E-state index in [-0.39, 0.29) is 54.9 Å². The van der Waals surface area contributed by atoms with Crippen molar-refractivity contribution in [1.29, 1.82) is 5.26 Å². The van der Waals surface area contributed by atoms with Gasteiger partial charge >= 0.3 is 0 Å². The van der Waals surface area contributed by atoms with Crippen molar-refractivity contribution < 1.29 is 33.0 Å². The highest BCUT2D eigenvalue weighted by atomic mass is 19.1. The molecular formula is C33H30F2N4O5.